The van der Waals surface area contributed by atoms with Crippen molar-refractivity contribution in [2.24, 2.45) is 11.7 Å². The molecule has 1 amide bonds. The molecule has 1 aliphatic heterocycles. The maximum absolute atomic E-state index is 12.1. The molecule has 4 heteroatoms. The van der Waals surface area contributed by atoms with Crippen molar-refractivity contribution >= 4 is 5.91 Å². The molecule has 0 aliphatic carbocycles. The molecule has 17 heavy (non-hydrogen) atoms. The third kappa shape index (κ3) is 4.64. The van der Waals surface area contributed by atoms with Crippen molar-refractivity contribution in [3.8, 4) is 0 Å². The lowest BCUT2D eigenvalue weighted by atomic mass is 10.0. The van der Waals surface area contributed by atoms with Crippen molar-refractivity contribution in [2.75, 3.05) is 26.7 Å². The highest BCUT2D eigenvalue weighted by Gasteiger charge is 2.23. The molecule has 1 aliphatic rings. The number of nitrogens with two attached hydrogens (primary N) is 1. The third-order valence-corrected chi connectivity index (χ3v) is 3.40. The Balaban J connectivity index is 2.38. The highest BCUT2D eigenvalue weighted by atomic mass is 16.5. The van der Waals surface area contributed by atoms with E-state index in [-0.39, 0.29) is 17.9 Å². The molecule has 2 atom stereocenters. The summed E-state index contributed by atoms with van der Waals surface area (Å²) in [6.07, 6.45) is 5.53. The first kappa shape index (κ1) is 14.5. The number of ether oxygens (including phenoxy) is 1. The molecule has 2 N–H and O–H groups in total. The van der Waals surface area contributed by atoms with E-state index in [0.29, 0.717) is 13.1 Å². The van der Waals surface area contributed by atoms with Crippen LogP contribution in [0.5, 0.6) is 0 Å². The summed E-state index contributed by atoms with van der Waals surface area (Å²) in [5, 5.41) is 0. The van der Waals surface area contributed by atoms with Gasteiger partial charge in [0, 0.05) is 26.7 Å². The van der Waals surface area contributed by atoms with E-state index in [9.17, 15) is 4.79 Å². The molecular weight excluding hydrogens is 216 g/mol. The van der Waals surface area contributed by atoms with E-state index in [1.54, 1.807) is 4.90 Å². The van der Waals surface area contributed by atoms with Crippen molar-refractivity contribution in [2.45, 2.75) is 45.1 Å². The lowest BCUT2D eigenvalue weighted by Crippen LogP contribution is -2.42. The molecule has 1 saturated heterocycles. The highest BCUT2D eigenvalue weighted by Crippen LogP contribution is 2.15. The topological polar surface area (TPSA) is 55.6 Å². The fourth-order valence-electron chi connectivity index (χ4n) is 2.35. The predicted octanol–water partition coefficient (Wildman–Crippen LogP) is 1.39. The summed E-state index contributed by atoms with van der Waals surface area (Å²) in [5.41, 5.74) is 5.65. The van der Waals surface area contributed by atoms with E-state index in [2.05, 4.69) is 6.92 Å². The van der Waals surface area contributed by atoms with Gasteiger partial charge in [0.25, 0.3) is 0 Å². The van der Waals surface area contributed by atoms with Crippen LogP contribution in [0.4, 0.5) is 0 Å². The van der Waals surface area contributed by atoms with Crippen LogP contribution in [0, 0.1) is 5.92 Å². The van der Waals surface area contributed by atoms with Gasteiger partial charge in [-0.2, -0.15) is 0 Å². The first-order valence-electron chi connectivity index (χ1n) is 6.75. The molecule has 4 nitrogen and oxygen atoms in total. The average molecular weight is 242 g/mol. The lowest BCUT2D eigenvalue weighted by molar-refractivity contribution is -0.136. The zero-order valence-electron chi connectivity index (χ0n) is 11.2. The van der Waals surface area contributed by atoms with Gasteiger partial charge in [0.2, 0.25) is 5.91 Å². The summed E-state index contributed by atoms with van der Waals surface area (Å²) >= 11 is 0. The van der Waals surface area contributed by atoms with E-state index in [1.807, 2.05) is 7.05 Å². The summed E-state index contributed by atoms with van der Waals surface area (Å²) in [6.45, 7) is 4.07. The number of amides is 1. The summed E-state index contributed by atoms with van der Waals surface area (Å²) in [6, 6.07) is 0. The first-order valence-corrected chi connectivity index (χ1v) is 6.75. The van der Waals surface area contributed by atoms with Crippen molar-refractivity contribution in [1.29, 1.82) is 0 Å². The molecule has 1 heterocycles. The molecule has 0 saturated carbocycles. The molecular formula is C13H26N2O2. The second-order valence-corrected chi connectivity index (χ2v) is 4.93. The normalized spacial score (nSPS) is 22.2. The average Bonchev–Trinajstić information content (AvgIpc) is 2.36. The highest BCUT2D eigenvalue weighted by molar-refractivity contribution is 5.78. The van der Waals surface area contributed by atoms with Gasteiger partial charge in [-0.25, -0.2) is 0 Å². The zero-order valence-corrected chi connectivity index (χ0v) is 11.2. The summed E-state index contributed by atoms with van der Waals surface area (Å²) in [4.78, 5) is 13.9. The lowest BCUT2D eigenvalue weighted by Gasteiger charge is -2.29. The van der Waals surface area contributed by atoms with Crippen LogP contribution < -0.4 is 5.73 Å². The zero-order chi connectivity index (χ0) is 12.7. The Morgan fingerprint density at radius 1 is 1.53 bits per heavy atom. The van der Waals surface area contributed by atoms with E-state index in [4.69, 9.17) is 10.5 Å². The largest absolute Gasteiger partial charge is 0.376 e. The van der Waals surface area contributed by atoms with Gasteiger partial charge in [-0.15, -0.1) is 0 Å². The quantitative estimate of drug-likeness (QED) is 0.765. The fourth-order valence-corrected chi connectivity index (χ4v) is 2.35. The van der Waals surface area contributed by atoms with Crippen molar-refractivity contribution in [3.63, 3.8) is 0 Å². The standard InChI is InChI=1S/C13H26N2O2/c1-3-6-11(9-14)13(16)15(2)10-12-7-4-5-8-17-12/h11-12H,3-10,14H2,1-2H3. The predicted molar refractivity (Wildman–Crippen MR) is 68.7 cm³/mol. The van der Waals surface area contributed by atoms with E-state index >= 15 is 0 Å². The van der Waals surface area contributed by atoms with Crippen LogP contribution in [0.2, 0.25) is 0 Å². The Morgan fingerprint density at radius 3 is 2.82 bits per heavy atom. The van der Waals surface area contributed by atoms with Crippen LogP contribution in [-0.4, -0.2) is 43.7 Å². The molecule has 0 spiro atoms. The maximum atomic E-state index is 12.1. The Morgan fingerprint density at radius 2 is 2.29 bits per heavy atom. The van der Waals surface area contributed by atoms with Crippen LogP contribution in [0.1, 0.15) is 39.0 Å². The molecule has 0 aromatic heterocycles. The van der Waals surface area contributed by atoms with Gasteiger partial charge in [0.1, 0.15) is 0 Å². The van der Waals surface area contributed by atoms with Crippen molar-refractivity contribution in [3.05, 3.63) is 0 Å². The fraction of sp³-hybridized carbons (Fsp3) is 0.923. The Labute approximate surface area is 104 Å². The SMILES string of the molecule is CCCC(CN)C(=O)N(C)CC1CCCCO1. The van der Waals surface area contributed by atoms with E-state index in [0.717, 1.165) is 32.3 Å². The summed E-state index contributed by atoms with van der Waals surface area (Å²) < 4.78 is 5.65. The smallest absolute Gasteiger partial charge is 0.226 e. The van der Waals surface area contributed by atoms with Crippen molar-refractivity contribution in [1.82, 2.24) is 4.90 Å². The summed E-state index contributed by atoms with van der Waals surface area (Å²) in [5.74, 6) is 0.150. The third-order valence-electron chi connectivity index (χ3n) is 3.40. The Bertz CT molecular complexity index is 227. The monoisotopic (exact) mass is 242 g/mol. The molecule has 0 aromatic carbocycles. The van der Waals surface area contributed by atoms with Gasteiger partial charge in [0.15, 0.2) is 0 Å². The van der Waals surface area contributed by atoms with E-state index in [1.165, 1.54) is 6.42 Å². The minimum atomic E-state index is -0.0198. The van der Waals surface area contributed by atoms with Crippen LogP contribution in [0.25, 0.3) is 0 Å². The molecule has 1 rings (SSSR count). The van der Waals surface area contributed by atoms with Gasteiger partial charge in [-0.05, 0) is 25.7 Å². The molecule has 100 valence electrons. The molecule has 0 bridgehead atoms. The van der Waals surface area contributed by atoms with Crippen molar-refractivity contribution < 1.29 is 9.53 Å². The second kappa shape index (κ2) is 7.67. The molecule has 0 radical (unpaired) electrons. The van der Waals surface area contributed by atoms with Crippen LogP contribution in [0.3, 0.4) is 0 Å². The maximum Gasteiger partial charge on any atom is 0.226 e. The summed E-state index contributed by atoms with van der Waals surface area (Å²) in [7, 11) is 1.86. The van der Waals surface area contributed by atoms with Gasteiger partial charge < -0.3 is 15.4 Å². The number of carbonyl (C=O) groups excluding carboxylic acids is 1. The molecule has 1 fully saturated rings. The Hall–Kier alpha value is -0.610. The number of likely N-dealkylation sites (N-methyl/N-ethyl adjacent to an activating group) is 1. The number of rotatable bonds is 6. The van der Waals surface area contributed by atoms with Gasteiger partial charge >= 0.3 is 0 Å². The number of carbonyl (C=O) groups is 1. The van der Waals surface area contributed by atoms with Gasteiger partial charge in [0.05, 0.1) is 12.0 Å². The van der Waals surface area contributed by atoms with Crippen LogP contribution >= 0.6 is 0 Å². The van der Waals surface area contributed by atoms with Crippen LogP contribution in [0.15, 0.2) is 0 Å². The number of hydrogen-bond acceptors (Lipinski definition) is 3. The van der Waals surface area contributed by atoms with E-state index < -0.39 is 0 Å². The Kier molecular flexibility index (Phi) is 6.52. The van der Waals surface area contributed by atoms with Crippen LogP contribution in [-0.2, 0) is 9.53 Å². The van der Waals surface area contributed by atoms with Gasteiger partial charge in [-0.3, -0.25) is 4.79 Å². The van der Waals surface area contributed by atoms with Gasteiger partial charge in [-0.1, -0.05) is 13.3 Å². The second-order valence-electron chi connectivity index (χ2n) is 4.93. The number of hydrogen-bond donors (Lipinski definition) is 1. The minimum absolute atomic E-state index is 0.0198. The molecule has 2 unspecified atom stereocenters. The molecule has 0 aromatic rings. The first-order chi connectivity index (χ1) is 8.19. The number of nitrogens with zero attached hydrogens (tertiary/aromatic N) is 1. The minimum Gasteiger partial charge on any atom is -0.376 e.